The Bertz CT molecular complexity index is 544. The molecule has 1 heterocycles. The molecule has 0 saturated heterocycles. The van der Waals surface area contributed by atoms with Crippen LogP contribution in [0.15, 0.2) is 34.9 Å². The van der Waals surface area contributed by atoms with E-state index < -0.39 is 0 Å². The van der Waals surface area contributed by atoms with Gasteiger partial charge in [0.25, 0.3) is 0 Å². The molecule has 1 aromatic carbocycles. The molecule has 0 saturated carbocycles. The van der Waals surface area contributed by atoms with E-state index in [9.17, 15) is 0 Å². The summed E-state index contributed by atoms with van der Waals surface area (Å²) in [5.74, 6) is 2.13. The predicted octanol–water partition coefficient (Wildman–Crippen LogP) is 4.05. The van der Waals surface area contributed by atoms with E-state index in [0.717, 1.165) is 11.3 Å². The Kier molecular flexibility index (Phi) is 7.43. The quantitative estimate of drug-likeness (QED) is 0.831. The van der Waals surface area contributed by atoms with Crippen molar-refractivity contribution in [2.45, 2.75) is 20.0 Å². The second kappa shape index (κ2) is 8.82. The topological polar surface area (TPSA) is 43.6 Å². The van der Waals surface area contributed by atoms with E-state index in [4.69, 9.17) is 25.5 Å². The number of rotatable bonds is 7. The van der Waals surface area contributed by atoms with Crippen molar-refractivity contribution >= 4 is 24.0 Å². The van der Waals surface area contributed by atoms with Crippen LogP contribution in [0.25, 0.3) is 0 Å². The first-order valence-corrected chi connectivity index (χ1v) is 6.84. The van der Waals surface area contributed by atoms with Gasteiger partial charge in [-0.2, -0.15) is 0 Å². The van der Waals surface area contributed by atoms with Crippen molar-refractivity contribution in [1.29, 1.82) is 0 Å². The fourth-order valence-electron chi connectivity index (χ4n) is 1.90. The van der Waals surface area contributed by atoms with E-state index in [1.54, 1.807) is 13.4 Å². The van der Waals surface area contributed by atoms with Gasteiger partial charge in [-0.25, -0.2) is 0 Å². The van der Waals surface area contributed by atoms with Crippen molar-refractivity contribution < 1.29 is 13.9 Å². The first-order valence-electron chi connectivity index (χ1n) is 6.47. The maximum absolute atomic E-state index is 6.22. The van der Waals surface area contributed by atoms with Gasteiger partial charge in [0.2, 0.25) is 0 Å². The highest BCUT2D eigenvalue weighted by Crippen LogP contribution is 2.36. The number of ether oxygens (including phenoxy) is 2. The fraction of sp³-hybridized carbons (Fsp3) is 0.333. The van der Waals surface area contributed by atoms with Crippen molar-refractivity contribution in [2.75, 3.05) is 13.7 Å². The monoisotopic (exact) mass is 331 g/mol. The number of furan rings is 1. The van der Waals surface area contributed by atoms with Gasteiger partial charge in [-0.05, 0) is 36.8 Å². The summed E-state index contributed by atoms with van der Waals surface area (Å²) >= 11 is 6.22. The Morgan fingerprint density at radius 3 is 2.71 bits per heavy atom. The summed E-state index contributed by atoms with van der Waals surface area (Å²) in [5.41, 5.74) is 1.03. The SMILES string of the molecule is CCOc1c(Cl)cc(CNCc2ccco2)cc1OC.Cl. The molecule has 6 heteroatoms. The molecule has 21 heavy (non-hydrogen) atoms. The van der Waals surface area contributed by atoms with Gasteiger partial charge >= 0.3 is 0 Å². The normalized spacial score (nSPS) is 10.0. The minimum atomic E-state index is 0. The molecular formula is C15H19Cl2NO3. The van der Waals surface area contributed by atoms with Crippen molar-refractivity contribution in [3.05, 3.63) is 46.9 Å². The summed E-state index contributed by atoms with van der Waals surface area (Å²) in [5, 5.41) is 3.84. The largest absolute Gasteiger partial charge is 0.493 e. The molecular weight excluding hydrogens is 313 g/mol. The van der Waals surface area contributed by atoms with Crippen LogP contribution < -0.4 is 14.8 Å². The number of hydrogen-bond acceptors (Lipinski definition) is 4. The molecule has 0 unspecified atom stereocenters. The molecule has 116 valence electrons. The van der Waals surface area contributed by atoms with Gasteiger partial charge in [0.1, 0.15) is 5.76 Å². The predicted molar refractivity (Wildman–Crippen MR) is 85.7 cm³/mol. The minimum absolute atomic E-state index is 0. The van der Waals surface area contributed by atoms with Crippen LogP contribution in [0.5, 0.6) is 11.5 Å². The van der Waals surface area contributed by atoms with Gasteiger partial charge in [-0.3, -0.25) is 0 Å². The lowest BCUT2D eigenvalue weighted by Gasteiger charge is -2.13. The van der Waals surface area contributed by atoms with E-state index in [1.807, 2.05) is 31.2 Å². The molecule has 0 atom stereocenters. The second-order valence-electron chi connectivity index (χ2n) is 4.22. The Labute approximate surface area is 135 Å². The maximum Gasteiger partial charge on any atom is 0.179 e. The third-order valence-electron chi connectivity index (χ3n) is 2.79. The smallest absolute Gasteiger partial charge is 0.179 e. The third kappa shape index (κ3) is 4.84. The van der Waals surface area contributed by atoms with Crippen molar-refractivity contribution in [3.8, 4) is 11.5 Å². The van der Waals surface area contributed by atoms with Gasteiger partial charge in [-0.1, -0.05) is 11.6 Å². The van der Waals surface area contributed by atoms with Gasteiger partial charge in [0.05, 0.1) is 31.5 Å². The number of hydrogen-bond donors (Lipinski definition) is 1. The maximum atomic E-state index is 6.22. The number of nitrogens with one attached hydrogen (secondary N) is 1. The number of methoxy groups -OCH3 is 1. The standard InChI is InChI=1S/C15H18ClNO3.ClH/c1-3-19-15-13(16)7-11(8-14(15)18-2)9-17-10-12-5-4-6-20-12;/h4-8,17H,3,9-10H2,1-2H3;1H. The summed E-state index contributed by atoms with van der Waals surface area (Å²) in [6.45, 7) is 3.80. The summed E-state index contributed by atoms with van der Waals surface area (Å²) < 4.78 is 16.1. The summed E-state index contributed by atoms with van der Waals surface area (Å²) in [7, 11) is 1.61. The molecule has 0 aliphatic heterocycles. The van der Waals surface area contributed by atoms with Gasteiger partial charge in [-0.15, -0.1) is 12.4 Å². The average Bonchev–Trinajstić information content (AvgIpc) is 2.94. The van der Waals surface area contributed by atoms with Crippen LogP contribution in [0.4, 0.5) is 0 Å². The second-order valence-corrected chi connectivity index (χ2v) is 4.63. The molecule has 0 aliphatic carbocycles. The minimum Gasteiger partial charge on any atom is -0.493 e. The molecule has 0 amide bonds. The summed E-state index contributed by atoms with van der Waals surface area (Å²) in [6.07, 6.45) is 1.66. The number of benzene rings is 1. The Balaban J connectivity index is 0.00000220. The molecule has 0 fully saturated rings. The molecule has 4 nitrogen and oxygen atoms in total. The average molecular weight is 332 g/mol. The van der Waals surface area contributed by atoms with E-state index in [2.05, 4.69) is 5.32 Å². The third-order valence-corrected chi connectivity index (χ3v) is 3.07. The highest BCUT2D eigenvalue weighted by Gasteiger charge is 2.11. The highest BCUT2D eigenvalue weighted by molar-refractivity contribution is 6.32. The van der Waals surface area contributed by atoms with Gasteiger partial charge in [0.15, 0.2) is 11.5 Å². The molecule has 1 N–H and O–H groups in total. The lowest BCUT2D eigenvalue weighted by atomic mass is 10.2. The first kappa shape index (κ1) is 17.7. The van der Waals surface area contributed by atoms with E-state index in [1.165, 1.54) is 0 Å². The van der Waals surface area contributed by atoms with E-state index >= 15 is 0 Å². The molecule has 2 aromatic rings. The van der Waals surface area contributed by atoms with Crippen LogP contribution in [-0.2, 0) is 13.1 Å². The number of halogens is 2. The van der Waals surface area contributed by atoms with Gasteiger partial charge < -0.3 is 19.2 Å². The fourth-order valence-corrected chi connectivity index (χ4v) is 2.19. The molecule has 1 aromatic heterocycles. The van der Waals surface area contributed by atoms with Crippen LogP contribution in [0, 0.1) is 0 Å². The van der Waals surface area contributed by atoms with E-state index in [-0.39, 0.29) is 12.4 Å². The van der Waals surface area contributed by atoms with Crippen molar-refractivity contribution in [1.82, 2.24) is 5.32 Å². The van der Waals surface area contributed by atoms with Crippen molar-refractivity contribution in [3.63, 3.8) is 0 Å². The molecule has 0 bridgehead atoms. The van der Waals surface area contributed by atoms with Crippen LogP contribution in [0.1, 0.15) is 18.2 Å². The van der Waals surface area contributed by atoms with Crippen LogP contribution >= 0.6 is 24.0 Å². The zero-order chi connectivity index (χ0) is 14.4. The zero-order valence-electron chi connectivity index (χ0n) is 12.0. The zero-order valence-corrected chi connectivity index (χ0v) is 13.6. The van der Waals surface area contributed by atoms with Crippen LogP contribution in [0.3, 0.4) is 0 Å². The van der Waals surface area contributed by atoms with Crippen molar-refractivity contribution in [2.24, 2.45) is 0 Å². The lowest BCUT2D eigenvalue weighted by Crippen LogP contribution is -2.12. The molecule has 2 rings (SSSR count). The van der Waals surface area contributed by atoms with E-state index in [0.29, 0.717) is 36.2 Å². The molecule has 0 aliphatic rings. The van der Waals surface area contributed by atoms with Gasteiger partial charge in [0, 0.05) is 6.54 Å². The van der Waals surface area contributed by atoms with Crippen LogP contribution in [-0.4, -0.2) is 13.7 Å². The Morgan fingerprint density at radius 1 is 1.29 bits per heavy atom. The Morgan fingerprint density at radius 2 is 2.10 bits per heavy atom. The summed E-state index contributed by atoms with van der Waals surface area (Å²) in [4.78, 5) is 0. The summed E-state index contributed by atoms with van der Waals surface area (Å²) in [6, 6.07) is 7.60. The van der Waals surface area contributed by atoms with Crippen LogP contribution in [0.2, 0.25) is 5.02 Å². The molecule has 0 radical (unpaired) electrons. The highest BCUT2D eigenvalue weighted by atomic mass is 35.5. The Hall–Kier alpha value is -1.36. The molecule has 0 spiro atoms. The first-order chi connectivity index (χ1) is 9.74. The lowest BCUT2D eigenvalue weighted by molar-refractivity contribution is 0.311.